The first kappa shape index (κ1) is 20.1. The van der Waals surface area contributed by atoms with Gasteiger partial charge < -0.3 is 19.1 Å². The fraction of sp³-hybridized carbons (Fsp3) is 0.400. The minimum absolute atomic E-state index is 0.000873. The number of hydrogen-bond acceptors (Lipinski definition) is 5. The van der Waals surface area contributed by atoms with Crippen LogP contribution in [0.1, 0.15) is 17.5 Å². The molecule has 5 rings (SSSR count). The van der Waals surface area contributed by atoms with Crippen LogP contribution in [0.15, 0.2) is 60.7 Å². The second-order valence-corrected chi connectivity index (χ2v) is 8.25. The monoisotopic (exact) mass is 420 g/mol. The number of nitrogens with zero attached hydrogens (tertiary/aromatic N) is 2. The number of benzene rings is 2. The van der Waals surface area contributed by atoms with E-state index in [1.165, 1.54) is 16.8 Å². The Morgan fingerprint density at radius 3 is 2.48 bits per heavy atom. The van der Waals surface area contributed by atoms with Crippen LogP contribution in [0.3, 0.4) is 0 Å². The van der Waals surface area contributed by atoms with Crippen LogP contribution in [-0.4, -0.2) is 62.6 Å². The van der Waals surface area contributed by atoms with Crippen LogP contribution >= 0.6 is 0 Å². The van der Waals surface area contributed by atoms with Crippen molar-refractivity contribution in [3.63, 3.8) is 0 Å². The predicted molar refractivity (Wildman–Crippen MR) is 119 cm³/mol. The van der Waals surface area contributed by atoms with Crippen molar-refractivity contribution < 1.29 is 19.0 Å². The van der Waals surface area contributed by atoms with Crippen LogP contribution in [0, 0.1) is 0 Å². The molecule has 0 radical (unpaired) electrons. The summed E-state index contributed by atoms with van der Waals surface area (Å²) < 4.78 is 16.8. The van der Waals surface area contributed by atoms with Gasteiger partial charge in [0, 0.05) is 18.8 Å². The lowest BCUT2D eigenvalue weighted by atomic mass is 9.90. The van der Waals surface area contributed by atoms with Gasteiger partial charge in [-0.25, -0.2) is 4.79 Å². The maximum Gasteiger partial charge on any atom is 0.411 e. The smallest absolute Gasteiger partial charge is 0.411 e. The number of amides is 1. The predicted octanol–water partition coefficient (Wildman–Crippen LogP) is 3.72. The molecule has 162 valence electrons. The molecule has 0 aliphatic carbocycles. The highest BCUT2D eigenvalue weighted by Crippen LogP contribution is 2.34. The van der Waals surface area contributed by atoms with E-state index in [1.807, 2.05) is 35.2 Å². The van der Waals surface area contributed by atoms with E-state index in [1.54, 1.807) is 0 Å². The molecule has 0 N–H and O–H groups in total. The molecule has 2 saturated heterocycles. The Morgan fingerprint density at radius 2 is 1.74 bits per heavy atom. The molecular formula is C25H28N2O4. The molecule has 2 unspecified atom stereocenters. The van der Waals surface area contributed by atoms with E-state index in [2.05, 4.69) is 35.2 Å². The fourth-order valence-corrected chi connectivity index (χ4v) is 4.60. The van der Waals surface area contributed by atoms with E-state index >= 15 is 0 Å². The second-order valence-electron chi connectivity index (χ2n) is 8.25. The number of fused-ring (bicyclic) bond motifs is 2. The number of carbonyl (C=O) groups is 1. The normalized spacial score (nSPS) is 23.3. The summed E-state index contributed by atoms with van der Waals surface area (Å²) in [6, 6.07) is 18.5. The second kappa shape index (κ2) is 9.12. The van der Waals surface area contributed by atoms with Gasteiger partial charge in [-0.2, -0.15) is 0 Å². The molecule has 6 heteroatoms. The van der Waals surface area contributed by atoms with Crippen LogP contribution in [0.5, 0.6) is 0 Å². The molecule has 2 atom stereocenters. The van der Waals surface area contributed by atoms with E-state index in [4.69, 9.17) is 14.2 Å². The Labute approximate surface area is 183 Å². The zero-order valence-electron chi connectivity index (χ0n) is 17.6. The third-order valence-electron chi connectivity index (χ3n) is 6.23. The number of ether oxygens (including phenoxy) is 3. The van der Waals surface area contributed by atoms with Crippen molar-refractivity contribution in [2.24, 2.45) is 0 Å². The fourth-order valence-electron chi connectivity index (χ4n) is 4.60. The largest absolute Gasteiger partial charge is 0.445 e. The third kappa shape index (κ3) is 4.45. The first-order valence-electron chi connectivity index (χ1n) is 11.0. The Bertz CT molecular complexity index is 922. The molecule has 2 fully saturated rings. The minimum atomic E-state index is -0.264. The molecule has 2 aromatic rings. The average Bonchev–Trinajstić information content (AvgIpc) is 2.83. The topological polar surface area (TPSA) is 51.2 Å². The van der Waals surface area contributed by atoms with Crippen LogP contribution < -0.4 is 4.90 Å². The van der Waals surface area contributed by atoms with Gasteiger partial charge in [0.1, 0.15) is 6.61 Å². The summed E-state index contributed by atoms with van der Waals surface area (Å²) in [6.07, 6.45) is 2.68. The molecular weight excluding hydrogens is 392 g/mol. The SMILES string of the molecule is O=C(OCc1ccccc1)N1C2C=C(c3ccc(N4CCOCC4)cc3)CC1COC2. The maximum atomic E-state index is 12.9. The number of anilines is 1. The Balaban J connectivity index is 1.28. The van der Waals surface area contributed by atoms with Gasteiger partial charge in [-0.3, -0.25) is 4.90 Å². The standard InChI is InChI=1S/C25H28N2O4/c28-25(31-16-19-4-2-1-3-5-19)27-23-14-21(15-24(27)18-30-17-23)20-6-8-22(9-7-20)26-10-12-29-13-11-26/h1-9,14,23-24H,10-13,15-18H2. The Kier molecular flexibility index (Phi) is 5.91. The van der Waals surface area contributed by atoms with Crippen molar-refractivity contribution in [3.05, 3.63) is 71.8 Å². The number of hydrogen-bond donors (Lipinski definition) is 0. The lowest BCUT2D eigenvalue weighted by Gasteiger charge is -2.43. The van der Waals surface area contributed by atoms with Crippen LogP contribution in [0.25, 0.3) is 5.57 Å². The summed E-state index contributed by atoms with van der Waals surface area (Å²) in [7, 11) is 0. The van der Waals surface area contributed by atoms with Gasteiger partial charge >= 0.3 is 6.09 Å². The minimum Gasteiger partial charge on any atom is -0.445 e. The quantitative estimate of drug-likeness (QED) is 0.755. The number of rotatable bonds is 4. The number of carbonyl (C=O) groups excluding carboxylic acids is 1. The van der Waals surface area contributed by atoms with Crippen LogP contribution in [-0.2, 0) is 20.8 Å². The maximum absolute atomic E-state index is 12.9. The number of morpholine rings is 2. The Hall–Kier alpha value is -2.83. The lowest BCUT2D eigenvalue weighted by Crippen LogP contribution is -2.56. The van der Waals surface area contributed by atoms with Crippen molar-refractivity contribution >= 4 is 17.4 Å². The molecule has 3 aliphatic rings. The zero-order valence-corrected chi connectivity index (χ0v) is 17.6. The molecule has 1 amide bonds. The molecule has 0 spiro atoms. The van der Waals surface area contributed by atoms with Crippen LogP contribution in [0.4, 0.5) is 10.5 Å². The van der Waals surface area contributed by atoms with E-state index in [-0.39, 0.29) is 24.8 Å². The van der Waals surface area contributed by atoms with E-state index in [0.29, 0.717) is 13.2 Å². The summed E-state index contributed by atoms with van der Waals surface area (Å²) in [5.74, 6) is 0. The third-order valence-corrected chi connectivity index (χ3v) is 6.23. The van der Waals surface area contributed by atoms with Crippen LogP contribution in [0.2, 0.25) is 0 Å². The summed E-state index contributed by atoms with van der Waals surface area (Å²) >= 11 is 0. The molecule has 3 aliphatic heterocycles. The highest BCUT2D eigenvalue weighted by atomic mass is 16.6. The van der Waals surface area contributed by atoms with Crippen molar-refractivity contribution in [2.75, 3.05) is 44.4 Å². The van der Waals surface area contributed by atoms with Gasteiger partial charge in [-0.1, -0.05) is 48.5 Å². The lowest BCUT2D eigenvalue weighted by molar-refractivity contribution is -0.0342. The summed E-state index contributed by atoms with van der Waals surface area (Å²) in [4.78, 5) is 17.1. The first-order chi connectivity index (χ1) is 15.3. The van der Waals surface area contributed by atoms with Crippen molar-refractivity contribution in [1.82, 2.24) is 4.90 Å². The molecule has 0 saturated carbocycles. The van der Waals surface area contributed by atoms with E-state index in [9.17, 15) is 4.79 Å². The van der Waals surface area contributed by atoms with Gasteiger partial charge in [0.15, 0.2) is 0 Å². The molecule has 31 heavy (non-hydrogen) atoms. The summed E-state index contributed by atoms with van der Waals surface area (Å²) in [5.41, 5.74) is 4.72. The van der Waals surface area contributed by atoms with Gasteiger partial charge in [0.05, 0.1) is 38.5 Å². The summed E-state index contributed by atoms with van der Waals surface area (Å²) in [6.45, 7) is 4.77. The van der Waals surface area contributed by atoms with E-state index < -0.39 is 0 Å². The van der Waals surface area contributed by atoms with Crippen molar-refractivity contribution in [3.8, 4) is 0 Å². The highest BCUT2D eigenvalue weighted by Gasteiger charge is 2.39. The van der Waals surface area contributed by atoms with E-state index in [0.717, 1.165) is 38.3 Å². The Morgan fingerprint density at radius 1 is 0.968 bits per heavy atom. The average molecular weight is 421 g/mol. The van der Waals surface area contributed by atoms with Gasteiger partial charge in [0.2, 0.25) is 0 Å². The van der Waals surface area contributed by atoms with Gasteiger partial charge in [-0.05, 0) is 35.3 Å². The van der Waals surface area contributed by atoms with Crippen molar-refractivity contribution in [2.45, 2.75) is 25.1 Å². The zero-order chi connectivity index (χ0) is 21.0. The van der Waals surface area contributed by atoms with Gasteiger partial charge in [-0.15, -0.1) is 0 Å². The van der Waals surface area contributed by atoms with Crippen molar-refractivity contribution in [1.29, 1.82) is 0 Å². The molecule has 3 heterocycles. The van der Waals surface area contributed by atoms with Gasteiger partial charge in [0.25, 0.3) is 0 Å². The first-order valence-corrected chi connectivity index (χ1v) is 11.0. The molecule has 0 aromatic heterocycles. The molecule has 2 aromatic carbocycles. The summed E-state index contributed by atoms with van der Waals surface area (Å²) in [5, 5.41) is 0. The highest BCUT2D eigenvalue weighted by molar-refractivity contribution is 5.75. The molecule has 6 nitrogen and oxygen atoms in total. The molecule has 2 bridgehead atoms.